The van der Waals surface area contributed by atoms with Gasteiger partial charge in [0.2, 0.25) is 0 Å². The number of likely N-dealkylation sites (N-methyl/N-ethyl adjacent to an activating group) is 1. The number of halogens is 2. The Bertz CT molecular complexity index is 519. The summed E-state index contributed by atoms with van der Waals surface area (Å²) in [6, 6.07) is 7.20. The summed E-state index contributed by atoms with van der Waals surface area (Å²) in [5.74, 6) is 0.0297. The maximum absolute atomic E-state index is 13.7. The molecule has 0 spiro atoms. The highest BCUT2D eigenvalue weighted by atomic mass is 79.9. The van der Waals surface area contributed by atoms with Gasteiger partial charge >= 0.3 is 0 Å². The van der Waals surface area contributed by atoms with Gasteiger partial charge in [-0.05, 0) is 34.1 Å². The van der Waals surface area contributed by atoms with Crippen LogP contribution in [0.3, 0.4) is 0 Å². The van der Waals surface area contributed by atoms with E-state index in [1.165, 1.54) is 6.07 Å². The fourth-order valence-electron chi connectivity index (χ4n) is 1.62. The molecule has 5 heteroatoms. The zero-order valence-corrected chi connectivity index (χ0v) is 11.6. The number of anilines is 1. The van der Waals surface area contributed by atoms with Crippen molar-refractivity contribution >= 4 is 21.7 Å². The molecule has 94 valence electrons. The smallest absolute Gasteiger partial charge is 0.166 e. The molecule has 0 fully saturated rings. The predicted octanol–water partition coefficient (Wildman–Crippen LogP) is 3.06. The topological polar surface area (TPSA) is 29.0 Å². The molecule has 2 heterocycles. The zero-order chi connectivity index (χ0) is 13.0. The monoisotopic (exact) mass is 309 g/mol. The van der Waals surface area contributed by atoms with Crippen molar-refractivity contribution in [2.75, 3.05) is 18.5 Å². The Labute approximate surface area is 114 Å². The molecule has 0 radical (unpaired) electrons. The van der Waals surface area contributed by atoms with Gasteiger partial charge in [-0.2, -0.15) is 0 Å². The van der Waals surface area contributed by atoms with E-state index in [2.05, 4.69) is 25.9 Å². The van der Waals surface area contributed by atoms with Gasteiger partial charge < -0.3 is 4.90 Å². The summed E-state index contributed by atoms with van der Waals surface area (Å²) in [6.45, 7) is 0.669. The van der Waals surface area contributed by atoms with E-state index in [-0.39, 0.29) is 5.82 Å². The molecule has 0 saturated heterocycles. The Morgan fingerprint density at radius 1 is 1.33 bits per heavy atom. The van der Waals surface area contributed by atoms with Gasteiger partial charge in [0, 0.05) is 42.6 Å². The normalized spacial score (nSPS) is 10.4. The molecule has 2 aromatic rings. The highest BCUT2D eigenvalue weighted by Gasteiger charge is 2.09. The van der Waals surface area contributed by atoms with Crippen molar-refractivity contribution in [3.05, 3.63) is 52.6 Å². The maximum atomic E-state index is 13.7. The number of hydrogen-bond donors (Lipinski definition) is 0. The van der Waals surface area contributed by atoms with Gasteiger partial charge in [-0.1, -0.05) is 6.07 Å². The molecule has 18 heavy (non-hydrogen) atoms. The first-order valence-electron chi connectivity index (χ1n) is 5.59. The van der Waals surface area contributed by atoms with E-state index >= 15 is 0 Å². The van der Waals surface area contributed by atoms with E-state index in [0.717, 1.165) is 12.1 Å². The van der Waals surface area contributed by atoms with E-state index in [9.17, 15) is 4.39 Å². The van der Waals surface area contributed by atoms with Crippen molar-refractivity contribution in [1.82, 2.24) is 9.97 Å². The Balaban J connectivity index is 2.01. The second-order valence-corrected chi connectivity index (χ2v) is 4.87. The number of aromatic nitrogens is 2. The van der Waals surface area contributed by atoms with Gasteiger partial charge in [-0.3, -0.25) is 4.98 Å². The lowest BCUT2D eigenvalue weighted by Gasteiger charge is -2.18. The largest absolute Gasteiger partial charge is 0.357 e. The van der Waals surface area contributed by atoms with Crippen molar-refractivity contribution in [2.24, 2.45) is 0 Å². The highest BCUT2D eigenvalue weighted by Crippen LogP contribution is 2.18. The Morgan fingerprint density at radius 3 is 2.83 bits per heavy atom. The third kappa shape index (κ3) is 3.26. The van der Waals surface area contributed by atoms with Gasteiger partial charge in [0.05, 0.1) is 0 Å². The number of pyridine rings is 2. The molecule has 0 bridgehead atoms. The number of rotatable bonds is 4. The van der Waals surface area contributed by atoms with Gasteiger partial charge in [0.1, 0.15) is 0 Å². The minimum Gasteiger partial charge on any atom is -0.357 e. The Morgan fingerprint density at radius 2 is 2.17 bits per heavy atom. The third-order valence-electron chi connectivity index (χ3n) is 2.58. The van der Waals surface area contributed by atoms with Gasteiger partial charge in [-0.15, -0.1) is 0 Å². The van der Waals surface area contributed by atoms with Crippen molar-refractivity contribution in [3.8, 4) is 0 Å². The van der Waals surface area contributed by atoms with E-state index in [0.29, 0.717) is 16.8 Å². The van der Waals surface area contributed by atoms with Gasteiger partial charge in [0.25, 0.3) is 0 Å². The van der Waals surface area contributed by atoms with Crippen LogP contribution in [0.5, 0.6) is 0 Å². The van der Waals surface area contributed by atoms with Crippen LogP contribution in [0, 0.1) is 5.82 Å². The molecule has 2 rings (SSSR count). The summed E-state index contributed by atoms with van der Waals surface area (Å²) >= 11 is 3.19. The first-order valence-corrected chi connectivity index (χ1v) is 6.38. The molecule has 0 aliphatic carbocycles. The van der Waals surface area contributed by atoms with Gasteiger partial charge in [0.15, 0.2) is 11.6 Å². The molecule has 0 atom stereocenters. The predicted molar refractivity (Wildman–Crippen MR) is 73.1 cm³/mol. The Kier molecular flexibility index (Phi) is 4.25. The lowest BCUT2D eigenvalue weighted by atomic mass is 10.2. The molecule has 2 aromatic heterocycles. The SMILES string of the molecule is CN(CCc1ccccn1)c1ncc(Br)cc1F. The van der Waals surface area contributed by atoms with Crippen molar-refractivity contribution in [2.45, 2.75) is 6.42 Å². The van der Waals surface area contributed by atoms with Gasteiger partial charge in [-0.25, -0.2) is 9.37 Å². The molecule has 0 aromatic carbocycles. The minimum atomic E-state index is -0.326. The molecular weight excluding hydrogens is 297 g/mol. The molecule has 0 aliphatic heterocycles. The second kappa shape index (κ2) is 5.91. The Hall–Kier alpha value is -1.49. The standard InChI is InChI=1S/C13H13BrFN3/c1-18(7-5-11-4-2-3-6-16-11)13-12(15)8-10(14)9-17-13/h2-4,6,8-9H,5,7H2,1H3. The lowest BCUT2D eigenvalue weighted by molar-refractivity contribution is 0.613. The van der Waals surface area contributed by atoms with Crippen molar-refractivity contribution in [1.29, 1.82) is 0 Å². The van der Waals surface area contributed by atoms with Crippen LogP contribution in [0.2, 0.25) is 0 Å². The summed E-state index contributed by atoms with van der Waals surface area (Å²) in [4.78, 5) is 10.1. The maximum Gasteiger partial charge on any atom is 0.166 e. The first-order chi connectivity index (χ1) is 8.66. The molecule has 0 N–H and O–H groups in total. The van der Waals surface area contributed by atoms with Crippen LogP contribution in [-0.4, -0.2) is 23.6 Å². The summed E-state index contributed by atoms with van der Waals surface area (Å²) < 4.78 is 14.3. The van der Waals surface area contributed by atoms with Crippen molar-refractivity contribution < 1.29 is 4.39 Å². The first kappa shape index (κ1) is 13.0. The summed E-state index contributed by atoms with van der Waals surface area (Å²) in [7, 11) is 1.82. The third-order valence-corrected chi connectivity index (χ3v) is 3.01. The number of hydrogen-bond acceptors (Lipinski definition) is 3. The molecule has 0 aliphatic rings. The van der Waals surface area contributed by atoms with Crippen molar-refractivity contribution in [3.63, 3.8) is 0 Å². The molecular formula is C13H13BrFN3. The fourth-order valence-corrected chi connectivity index (χ4v) is 1.93. The average molecular weight is 310 g/mol. The van der Waals surface area contributed by atoms with Crippen LogP contribution in [-0.2, 0) is 6.42 Å². The zero-order valence-electron chi connectivity index (χ0n) is 9.98. The van der Waals surface area contributed by atoms with E-state index in [1.807, 2.05) is 25.2 Å². The molecule has 0 amide bonds. The highest BCUT2D eigenvalue weighted by molar-refractivity contribution is 9.10. The fraction of sp³-hybridized carbons (Fsp3) is 0.231. The molecule has 0 saturated carbocycles. The summed E-state index contributed by atoms with van der Waals surface area (Å²) in [5, 5.41) is 0. The molecule has 3 nitrogen and oxygen atoms in total. The lowest BCUT2D eigenvalue weighted by Crippen LogP contribution is -2.22. The second-order valence-electron chi connectivity index (χ2n) is 3.95. The molecule has 0 unspecified atom stereocenters. The van der Waals surface area contributed by atoms with E-state index in [4.69, 9.17) is 0 Å². The summed E-state index contributed by atoms with van der Waals surface area (Å²) in [5.41, 5.74) is 0.988. The van der Waals surface area contributed by atoms with Crippen LogP contribution in [0.1, 0.15) is 5.69 Å². The number of nitrogens with zero attached hydrogens (tertiary/aromatic N) is 3. The van der Waals surface area contributed by atoms with E-state index in [1.54, 1.807) is 17.3 Å². The van der Waals surface area contributed by atoms with Crippen LogP contribution in [0.4, 0.5) is 10.2 Å². The van der Waals surface area contributed by atoms with E-state index < -0.39 is 0 Å². The van der Waals surface area contributed by atoms with Crippen LogP contribution in [0.25, 0.3) is 0 Å². The van der Waals surface area contributed by atoms with Crippen LogP contribution < -0.4 is 4.90 Å². The van der Waals surface area contributed by atoms with Crippen LogP contribution in [0.15, 0.2) is 41.1 Å². The average Bonchev–Trinajstić information content (AvgIpc) is 2.37. The quantitative estimate of drug-likeness (QED) is 0.869. The summed E-state index contributed by atoms with van der Waals surface area (Å²) in [6.07, 6.45) is 4.11. The van der Waals surface area contributed by atoms with Crippen LogP contribution >= 0.6 is 15.9 Å². The minimum absolute atomic E-state index is 0.326.